The molecular formula is C7H10O3. The Bertz CT molecular complexity index is 174. The summed E-state index contributed by atoms with van der Waals surface area (Å²) in [5.74, 6) is -0.473. The van der Waals surface area contributed by atoms with E-state index in [0.29, 0.717) is 6.42 Å². The molecule has 10 heavy (non-hydrogen) atoms. The van der Waals surface area contributed by atoms with Gasteiger partial charge in [-0.05, 0) is 6.42 Å². The Labute approximate surface area is 59.3 Å². The molecule has 0 amide bonds. The van der Waals surface area contributed by atoms with Gasteiger partial charge >= 0.3 is 5.97 Å². The Kier molecular flexibility index (Phi) is 1.76. The number of hydrogen-bond acceptors (Lipinski definition) is 3. The van der Waals surface area contributed by atoms with Crippen molar-refractivity contribution in [3.8, 4) is 0 Å². The second-order valence-corrected chi connectivity index (χ2v) is 2.32. The number of carbonyl (C=O) groups is 1. The first-order chi connectivity index (χ1) is 4.66. The third-order valence-corrected chi connectivity index (χ3v) is 1.63. The van der Waals surface area contributed by atoms with E-state index < -0.39 is 12.1 Å². The summed E-state index contributed by atoms with van der Waals surface area (Å²) in [5.41, 5.74) is 0.173. The van der Waals surface area contributed by atoms with E-state index in [1.165, 1.54) is 0 Å². The SMILES string of the molecule is C=C1C(=O)O[C@@H](CC)C1O. The second-order valence-electron chi connectivity index (χ2n) is 2.32. The lowest BCUT2D eigenvalue weighted by Crippen LogP contribution is -2.20. The van der Waals surface area contributed by atoms with Crippen molar-refractivity contribution >= 4 is 5.97 Å². The van der Waals surface area contributed by atoms with Gasteiger partial charge in [-0.1, -0.05) is 13.5 Å². The van der Waals surface area contributed by atoms with Crippen molar-refractivity contribution in [2.75, 3.05) is 0 Å². The van der Waals surface area contributed by atoms with Crippen LogP contribution < -0.4 is 0 Å². The lowest BCUT2D eigenvalue weighted by molar-refractivity contribution is -0.139. The molecule has 1 saturated heterocycles. The van der Waals surface area contributed by atoms with Crippen LogP contribution >= 0.6 is 0 Å². The van der Waals surface area contributed by atoms with Crippen LogP contribution in [0.4, 0.5) is 0 Å². The Balaban J connectivity index is 2.71. The first-order valence-corrected chi connectivity index (χ1v) is 3.24. The summed E-state index contributed by atoms with van der Waals surface area (Å²) in [4.78, 5) is 10.7. The largest absolute Gasteiger partial charge is 0.456 e. The molecule has 2 atom stereocenters. The maximum Gasteiger partial charge on any atom is 0.336 e. The third-order valence-electron chi connectivity index (χ3n) is 1.63. The second kappa shape index (κ2) is 2.42. The summed E-state index contributed by atoms with van der Waals surface area (Å²) < 4.78 is 4.75. The summed E-state index contributed by atoms with van der Waals surface area (Å²) >= 11 is 0. The number of cyclic esters (lactones) is 1. The minimum absolute atomic E-state index is 0.173. The summed E-state index contributed by atoms with van der Waals surface area (Å²) in [5, 5.41) is 9.18. The van der Waals surface area contributed by atoms with Gasteiger partial charge in [-0.3, -0.25) is 0 Å². The highest BCUT2D eigenvalue weighted by molar-refractivity contribution is 5.91. The van der Waals surface area contributed by atoms with Gasteiger partial charge in [0.25, 0.3) is 0 Å². The highest BCUT2D eigenvalue weighted by atomic mass is 16.6. The summed E-state index contributed by atoms with van der Waals surface area (Å²) in [7, 11) is 0. The zero-order valence-corrected chi connectivity index (χ0v) is 5.83. The number of ether oxygens (including phenoxy) is 1. The van der Waals surface area contributed by atoms with Gasteiger partial charge < -0.3 is 9.84 Å². The van der Waals surface area contributed by atoms with E-state index in [9.17, 15) is 9.90 Å². The molecule has 0 aromatic carbocycles. The van der Waals surface area contributed by atoms with Crippen LogP contribution in [0.2, 0.25) is 0 Å². The van der Waals surface area contributed by atoms with Crippen molar-refractivity contribution in [2.24, 2.45) is 0 Å². The zero-order valence-electron chi connectivity index (χ0n) is 5.83. The molecule has 0 spiro atoms. The fraction of sp³-hybridized carbons (Fsp3) is 0.571. The van der Waals surface area contributed by atoms with Crippen molar-refractivity contribution < 1.29 is 14.6 Å². The predicted molar refractivity (Wildman–Crippen MR) is 35.3 cm³/mol. The summed E-state index contributed by atoms with van der Waals surface area (Å²) in [6, 6.07) is 0. The lowest BCUT2D eigenvalue weighted by atomic mass is 10.1. The molecule has 1 N–H and O–H groups in total. The number of aliphatic hydroxyl groups excluding tert-OH is 1. The zero-order chi connectivity index (χ0) is 7.72. The van der Waals surface area contributed by atoms with Crippen LogP contribution in [0, 0.1) is 0 Å². The molecule has 0 aliphatic carbocycles. The van der Waals surface area contributed by atoms with E-state index in [1.54, 1.807) is 0 Å². The molecule has 1 unspecified atom stereocenters. The van der Waals surface area contributed by atoms with Gasteiger partial charge in [0.1, 0.15) is 12.2 Å². The van der Waals surface area contributed by atoms with E-state index >= 15 is 0 Å². The molecule has 3 heteroatoms. The first-order valence-electron chi connectivity index (χ1n) is 3.24. The van der Waals surface area contributed by atoms with Crippen LogP contribution in [0.3, 0.4) is 0 Å². The molecule has 1 fully saturated rings. The maximum atomic E-state index is 10.7. The van der Waals surface area contributed by atoms with Crippen molar-refractivity contribution in [3.63, 3.8) is 0 Å². The highest BCUT2D eigenvalue weighted by Crippen LogP contribution is 2.21. The molecule has 0 aromatic heterocycles. The summed E-state index contributed by atoms with van der Waals surface area (Å²) in [6.07, 6.45) is -0.538. The van der Waals surface area contributed by atoms with Gasteiger partial charge in [0, 0.05) is 0 Å². The van der Waals surface area contributed by atoms with Gasteiger partial charge in [-0.15, -0.1) is 0 Å². The predicted octanol–water partition coefficient (Wildman–Crippen LogP) is 0.239. The number of carbonyl (C=O) groups excluding carboxylic acids is 1. The highest BCUT2D eigenvalue weighted by Gasteiger charge is 2.35. The van der Waals surface area contributed by atoms with Gasteiger partial charge in [-0.2, -0.15) is 0 Å². The molecule has 3 nitrogen and oxygen atoms in total. The van der Waals surface area contributed by atoms with Crippen LogP contribution in [0.1, 0.15) is 13.3 Å². The van der Waals surface area contributed by atoms with Gasteiger partial charge in [0.05, 0.1) is 5.57 Å². The first kappa shape index (κ1) is 7.28. The Hall–Kier alpha value is -0.830. The van der Waals surface area contributed by atoms with E-state index in [4.69, 9.17) is 4.74 Å². The van der Waals surface area contributed by atoms with E-state index in [0.717, 1.165) is 0 Å². The molecule has 1 heterocycles. The molecule has 0 radical (unpaired) electrons. The van der Waals surface area contributed by atoms with Gasteiger partial charge in [-0.25, -0.2) is 4.79 Å². The molecule has 1 aliphatic rings. The van der Waals surface area contributed by atoms with Crippen LogP contribution in [-0.4, -0.2) is 23.3 Å². The molecule has 0 aromatic rings. The monoisotopic (exact) mass is 142 g/mol. The molecule has 1 rings (SSSR count). The summed E-state index contributed by atoms with van der Waals surface area (Å²) in [6.45, 7) is 5.24. The smallest absolute Gasteiger partial charge is 0.336 e. The number of aliphatic hydroxyl groups is 1. The number of esters is 1. The van der Waals surface area contributed by atoms with E-state index in [1.807, 2.05) is 6.92 Å². The lowest BCUT2D eigenvalue weighted by Gasteiger charge is -2.07. The van der Waals surface area contributed by atoms with Gasteiger partial charge in [0.15, 0.2) is 0 Å². The Morgan fingerprint density at radius 1 is 1.80 bits per heavy atom. The van der Waals surface area contributed by atoms with Crippen molar-refractivity contribution in [1.82, 2.24) is 0 Å². The minimum atomic E-state index is -0.794. The minimum Gasteiger partial charge on any atom is -0.456 e. The van der Waals surface area contributed by atoms with Crippen molar-refractivity contribution in [1.29, 1.82) is 0 Å². The van der Waals surface area contributed by atoms with Crippen LogP contribution in [0.25, 0.3) is 0 Å². The fourth-order valence-electron chi connectivity index (χ4n) is 0.929. The third kappa shape index (κ3) is 0.926. The van der Waals surface area contributed by atoms with Gasteiger partial charge in [0.2, 0.25) is 0 Å². The van der Waals surface area contributed by atoms with Crippen LogP contribution in [0.5, 0.6) is 0 Å². The van der Waals surface area contributed by atoms with Crippen LogP contribution in [-0.2, 0) is 9.53 Å². The maximum absolute atomic E-state index is 10.7. The molecule has 1 aliphatic heterocycles. The molecular weight excluding hydrogens is 132 g/mol. The van der Waals surface area contributed by atoms with E-state index in [-0.39, 0.29) is 11.7 Å². The quantitative estimate of drug-likeness (QED) is 0.421. The Morgan fingerprint density at radius 2 is 2.40 bits per heavy atom. The average Bonchev–Trinajstić information content (AvgIpc) is 2.17. The standard InChI is InChI=1S/C7H10O3/c1-3-5-6(8)4(2)7(9)10-5/h5-6,8H,2-3H2,1H3/t5-,6?/m0/s1. The molecule has 0 bridgehead atoms. The van der Waals surface area contributed by atoms with E-state index in [2.05, 4.69) is 6.58 Å². The average molecular weight is 142 g/mol. The van der Waals surface area contributed by atoms with Crippen molar-refractivity contribution in [3.05, 3.63) is 12.2 Å². The van der Waals surface area contributed by atoms with Crippen LogP contribution in [0.15, 0.2) is 12.2 Å². The molecule has 0 saturated carbocycles. The normalized spacial score (nSPS) is 32.6. The Morgan fingerprint density at radius 3 is 2.60 bits per heavy atom. The topological polar surface area (TPSA) is 46.5 Å². The fourth-order valence-corrected chi connectivity index (χ4v) is 0.929. The number of rotatable bonds is 1. The van der Waals surface area contributed by atoms with Crippen molar-refractivity contribution in [2.45, 2.75) is 25.6 Å². The molecule has 56 valence electrons. The number of hydrogen-bond donors (Lipinski definition) is 1.